The van der Waals surface area contributed by atoms with Crippen molar-refractivity contribution in [3.8, 4) is 0 Å². The van der Waals surface area contributed by atoms with E-state index in [4.69, 9.17) is 0 Å². The second-order valence-corrected chi connectivity index (χ2v) is 4.65. The van der Waals surface area contributed by atoms with Gasteiger partial charge in [0.15, 0.2) is 5.69 Å². The quantitative estimate of drug-likeness (QED) is 0.806. The molecule has 2 heterocycles. The highest BCUT2D eigenvalue weighted by Gasteiger charge is 2.11. The molecule has 0 fully saturated rings. The number of carbonyl (C=O) groups excluding carboxylic acids is 2. The van der Waals surface area contributed by atoms with Crippen molar-refractivity contribution in [3.05, 3.63) is 40.1 Å². The van der Waals surface area contributed by atoms with Crippen molar-refractivity contribution >= 4 is 23.2 Å². The van der Waals surface area contributed by atoms with E-state index in [0.29, 0.717) is 24.4 Å². The number of nitrogens with one attached hydrogen (secondary N) is 2. The molecule has 0 radical (unpaired) electrons. The Morgan fingerprint density at radius 1 is 1.53 bits per heavy atom. The van der Waals surface area contributed by atoms with Crippen LogP contribution in [0.1, 0.15) is 26.0 Å². The SMILES string of the molecule is COC(=O)c1csc(CCNC(=O)c2ccc[nH]2)n1. The van der Waals surface area contributed by atoms with Crippen molar-refractivity contribution in [1.82, 2.24) is 15.3 Å². The Morgan fingerprint density at radius 2 is 2.37 bits per heavy atom. The molecule has 2 N–H and O–H groups in total. The number of rotatable bonds is 5. The number of amides is 1. The molecule has 0 aliphatic heterocycles. The monoisotopic (exact) mass is 279 g/mol. The Bertz CT molecular complexity index is 563. The van der Waals surface area contributed by atoms with Crippen molar-refractivity contribution < 1.29 is 14.3 Å². The fourth-order valence-corrected chi connectivity index (χ4v) is 2.24. The van der Waals surface area contributed by atoms with Gasteiger partial charge in [-0.3, -0.25) is 4.79 Å². The number of methoxy groups -OCH3 is 1. The van der Waals surface area contributed by atoms with Crippen LogP contribution in [0.2, 0.25) is 0 Å². The van der Waals surface area contributed by atoms with Crippen molar-refractivity contribution in [2.75, 3.05) is 13.7 Å². The van der Waals surface area contributed by atoms with Crippen LogP contribution in [-0.2, 0) is 11.2 Å². The van der Waals surface area contributed by atoms with Crippen molar-refractivity contribution in [2.24, 2.45) is 0 Å². The average Bonchev–Trinajstić information content (AvgIpc) is 3.08. The van der Waals surface area contributed by atoms with Crippen LogP contribution in [-0.4, -0.2) is 35.5 Å². The zero-order valence-corrected chi connectivity index (χ0v) is 11.1. The van der Waals surface area contributed by atoms with E-state index in [-0.39, 0.29) is 5.91 Å². The minimum absolute atomic E-state index is 0.158. The number of ether oxygens (including phenoxy) is 1. The first-order valence-electron chi connectivity index (χ1n) is 5.65. The number of aromatic nitrogens is 2. The predicted molar refractivity (Wildman–Crippen MR) is 70.3 cm³/mol. The molecule has 100 valence electrons. The molecule has 0 aliphatic carbocycles. The highest BCUT2D eigenvalue weighted by Crippen LogP contribution is 2.10. The predicted octanol–water partition coefficient (Wildman–Crippen LogP) is 1.23. The number of thiazole rings is 1. The van der Waals surface area contributed by atoms with Gasteiger partial charge in [-0.05, 0) is 12.1 Å². The third-order valence-corrected chi connectivity index (χ3v) is 3.32. The molecule has 19 heavy (non-hydrogen) atoms. The summed E-state index contributed by atoms with van der Waals surface area (Å²) in [6, 6.07) is 3.46. The Hall–Kier alpha value is -2.15. The van der Waals surface area contributed by atoms with E-state index in [2.05, 4.69) is 20.0 Å². The molecule has 7 heteroatoms. The van der Waals surface area contributed by atoms with Gasteiger partial charge in [0, 0.05) is 24.5 Å². The summed E-state index contributed by atoms with van der Waals surface area (Å²) in [5.74, 6) is -0.604. The first-order valence-corrected chi connectivity index (χ1v) is 6.53. The van der Waals surface area contributed by atoms with Crippen LogP contribution in [0.4, 0.5) is 0 Å². The molecule has 2 aromatic heterocycles. The number of esters is 1. The number of aromatic amines is 1. The number of carbonyl (C=O) groups is 2. The van der Waals surface area contributed by atoms with Crippen LogP contribution in [0.25, 0.3) is 0 Å². The van der Waals surface area contributed by atoms with Gasteiger partial charge in [-0.1, -0.05) is 0 Å². The van der Waals surface area contributed by atoms with Gasteiger partial charge in [0.25, 0.3) is 5.91 Å². The van der Waals surface area contributed by atoms with E-state index >= 15 is 0 Å². The molecule has 0 atom stereocenters. The topological polar surface area (TPSA) is 84.1 Å². The number of hydrogen-bond donors (Lipinski definition) is 2. The third-order valence-electron chi connectivity index (χ3n) is 2.41. The Balaban J connectivity index is 1.81. The van der Waals surface area contributed by atoms with Gasteiger partial charge in [0.2, 0.25) is 0 Å². The van der Waals surface area contributed by atoms with Crippen LogP contribution >= 0.6 is 11.3 Å². The minimum atomic E-state index is -0.446. The Labute approximate surface area is 113 Å². The lowest BCUT2D eigenvalue weighted by molar-refractivity contribution is 0.0594. The van der Waals surface area contributed by atoms with Gasteiger partial charge in [-0.2, -0.15) is 0 Å². The lowest BCUT2D eigenvalue weighted by atomic mass is 10.4. The lowest BCUT2D eigenvalue weighted by Crippen LogP contribution is -2.25. The molecule has 1 amide bonds. The summed E-state index contributed by atoms with van der Waals surface area (Å²) < 4.78 is 4.57. The second-order valence-electron chi connectivity index (χ2n) is 3.71. The minimum Gasteiger partial charge on any atom is -0.464 e. The van der Waals surface area contributed by atoms with E-state index in [1.165, 1.54) is 18.4 Å². The van der Waals surface area contributed by atoms with Gasteiger partial charge in [0.1, 0.15) is 5.69 Å². The van der Waals surface area contributed by atoms with Crippen LogP contribution < -0.4 is 5.32 Å². The average molecular weight is 279 g/mol. The molecule has 2 aromatic rings. The second kappa shape index (κ2) is 6.14. The van der Waals surface area contributed by atoms with Crippen molar-refractivity contribution in [1.29, 1.82) is 0 Å². The first kappa shape index (κ1) is 13.3. The molecule has 0 bridgehead atoms. The highest BCUT2D eigenvalue weighted by atomic mass is 32.1. The van der Waals surface area contributed by atoms with Gasteiger partial charge in [-0.15, -0.1) is 11.3 Å². The lowest BCUT2D eigenvalue weighted by Gasteiger charge is -2.01. The largest absolute Gasteiger partial charge is 0.464 e. The van der Waals surface area contributed by atoms with Gasteiger partial charge < -0.3 is 15.0 Å². The fourth-order valence-electron chi connectivity index (χ4n) is 1.47. The normalized spacial score (nSPS) is 10.2. The summed E-state index contributed by atoms with van der Waals surface area (Å²) in [4.78, 5) is 29.8. The molecule has 0 aliphatic rings. The van der Waals surface area contributed by atoms with Crippen LogP contribution in [0.3, 0.4) is 0 Å². The zero-order chi connectivity index (χ0) is 13.7. The van der Waals surface area contributed by atoms with Crippen molar-refractivity contribution in [3.63, 3.8) is 0 Å². The van der Waals surface area contributed by atoms with Gasteiger partial charge >= 0.3 is 5.97 Å². The standard InChI is InChI=1S/C12H13N3O3S/c1-18-12(17)9-7-19-10(15-9)4-6-14-11(16)8-3-2-5-13-8/h2-3,5,7,13H,4,6H2,1H3,(H,14,16). The zero-order valence-electron chi connectivity index (χ0n) is 10.3. The molecule has 2 rings (SSSR count). The Kier molecular flexibility index (Phi) is 4.30. The molecule has 0 saturated carbocycles. The van der Waals surface area contributed by atoms with E-state index < -0.39 is 5.97 Å². The van der Waals surface area contributed by atoms with Crippen molar-refractivity contribution in [2.45, 2.75) is 6.42 Å². The third kappa shape index (κ3) is 3.41. The molecular weight excluding hydrogens is 266 g/mol. The Morgan fingerprint density at radius 3 is 3.05 bits per heavy atom. The molecule has 0 unspecified atom stereocenters. The summed E-state index contributed by atoms with van der Waals surface area (Å²) in [6.07, 6.45) is 2.27. The first-order chi connectivity index (χ1) is 9.20. The van der Waals surface area contributed by atoms with E-state index in [9.17, 15) is 9.59 Å². The molecular formula is C12H13N3O3S. The summed E-state index contributed by atoms with van der Waals surface area (Å²) in [5, 5.41) is 5.20. The number of H-pyrrole nitrogens is 1. The molecule has 6 nitrogen and oxygen atoms in total. The van der Waals surface area contributed by atoms with Crippen LogP contribution in [0.15, 0.2) is 23.7 Å². The van der Waals surface area contributed by atoms with E-state index in [1.807, 2.05) is 0 Å². The maximum Gasteiger partial charge on any atom is 0.357 e. The highest BCUT2D eigenvalue weighted by molar-refractivity contribution is 7.09. The molecule has 0 aromatic carbocycles. The van der Waals surface area contributed by atoms with E-state index in [1.54, 1.807) is 23.7 Å². The summed E-state index contributed by atoms with van der Waals surface area (Å²) in [7, 11) is 1.32. The van der Waals surface area contributed by atoms with E-state index in [0.717, 1.165) is 5.01 Å². The summed E-state index contributed by atoms with van der Waals surface area (Å²) in [6.45, 7) is 0.464. The maximum absolute atomic E-state index is 11.6. The fraction of sp³-hybridized carbons (Fsp3) is 0.250. The number of hydrogen-bond acceptors (Lipinski definition) is 5. The smallest absolute Gasteiger partial charge is 0.357 e. The summed E-state index contributed by atoms with van der Waals surface area (Å²) >= 11 is 1.37. The molecule has 0 spiro atoms. The van der Waals surface area contributed by atoms with Gasteiger partial charge in [-0.25, -0.2) is 9.78 Å². The molecule has 0 saturated heterocycles. The van der Waals surface area contributed by atoms with Gasteiger partial charge in [0.05, 0.1) is 12.1 Å². The maximum atomic E-state index is 11.6. The number of nitrogens with zero attached hydrogens (tertiary/aromatic N) is 1. The van der Waals surface area contributed by atoms with Crippen LogP contribution in [0.5, 0.6) is 0 Å². The van der Waals surface area contributed by atoms with Crippen LogP contribution in [0, 0.1) is 0 Å². The summed E-state index contributed by atoms with van der Waals surface area (Å²) in [5.41, 5.74) is 0.826.